The van der Waals surface area contributed by atoms with E-state index in [2.05, 4.69) is 5.32 Å². The first-order valence-electron chi connectivity index (χ1n) is 6.42. The van der Waals surface area contributed by atoms with Crippen LogP contribution in [0.5, 0.6) is 0 Å². The minimum Gasteiger partial charge on any atom is -0.325 e. The molecule has 2 nitrogen and oxygen atoms in total. The van der Waals surface area contributed by atoms with Gasteiger partial charge in [0.05, 0.1) is 10.6 Å². The lowest BCUT2D eigenvalue weighted by Gasteiger charge is -2.09. The summed E-state index contributed by atoms with van der Waals surface area (Å²) in [6.07, 6.45) is 0. The minimum absolute atomic E-state index is 0.0983. The van der Waals surface area contributed by atoms with E-state index in [1.807, 2.05) is 0 Å². The maximum Gasteiger partial charge on any atom is 0.234 e. The van der Waals surface area contributed by atoms with Crippen LogP contribution in [-0.2, 0) is 4.79 Å². The van der Waals surface area contributed by atoms with Crippen LogP contribution in [0, 0.1) is 41.8 Å². The molecule has 0 aliphatic rings. The summed E-state index contributed by atoms with van der Waals surface area (Å²) in [4.78, 5) is 10.5. The monoisotopic (exact) mass is 365 g/mol. The maximum absolute atomic E-state index is 13.5. The third kappa shape index (κ3) is 3.66. The standard InChI is InChI=1S/C15H9F6NOS/c1-6-2-3-7(4-8(6)16)22-9(23)5-24-15-13(20)11(18)10(17)12(19)14(15)21/h2-4H,5H2,1H3,(H,22,23). The van der Waals surface area contributed by atoms with E-state index in [-0.39, 0.29) is 17.4 Å². The number of rotatable bonds is 4. The largest absolute Gasteiger partial charge is 0.325 e. The first kappa shape index (κ1) is 18.2. The molecular weight excluding hydrogens is 356 g/mol. The molecule has 24 heavy (non-hydrogen) atoms. The van der Waals surface area contributed by atoms with Crippen molar-refractivity contribution in [2.75, 3.05) is 11.1 Å². The van der Waals surface area contributed by atoms with Gasteiger partial charge in [-0.05, 0) is 24.6 Å². The van der Waals surface area contributed by atoms with E-state index in [0.29, 0.717) is 5.56 Å². The molecule has 0 heterocycles. The lowest BCUT2D eigenvalue weighted by molar-refractivity contribution is -0.113. The summed E-state index contributed by atoms with van der Waals surface area (Å²) in [7, 11) is 0. The van der Waals surface area contributed by atoms with Crippen molar-refractivity contribution in [1.29, 1.82) is 0 Å². The number of carbonyl (C=O) groups is 1. The van der Waals surface area contributed by atoms with E-state index >= 15 is 0 Å². The Morgan fingerprint density at radius 1 is 0.958 bits per heavy atom. The Kier molecular flexibility index (Phi) is 5.43. The van der Waals surface area contributed by atoms with Crippen molar-refractivity contribution in [2.24, 2.45) is 0 Å². The number of aryl methyl sites for hydroxylation is 1. The van der Waals surface area contributed by atoms with Crippen molar-refractivity contribution in [3.8, 4) is 0 Å². The Bertz CT molecular complexity index is 782. The smallest absolute Gasteiger partial charge is 0.234 e. The fourth-order valence-electron chi connectivity index (χ4n) is 1.72. The molecule has 0 saturated carbocycles. The van der Waals surface area contributed by atoms with E-state index in [0.717, 1.165) is 6.07 Å². The second-order valence-corrected chi connectivity index (χ2v) is 5.69. The van der Waals surface area contributed by atoms with Gasteiger partial charge in [-0.15, -0.1) is 11.8 Å². The van der Waals surface area contributed by atoms with Crippen molar-refractivity contribution >= 4 is 23.4 Å². The number of nitrogens with one attached hydrogen (secondary N) is 1. The molecule has 2 rings (SSSR count). The molecule has 128 valence electrons. The van der Waals surface area contributed by atoms with Gasteiger partial charge in [-0.1, -0.05) is 6.07 Å². The molecule has 0 bridgehead atoms. The van der Waals surface area contributed by atoms with Crippen LogP contribution in [-0.4, -0.2) is 11.7 Å². The van der Waals surface area contributed by atoms with Gasteiger partial charge in [0.2, 0.25) is 11.7 Å². The number of hydrogen-bond acceptors (Lipinski definition) is 2. The minimum atomic E-state index is -2.27. The molecule has 2 aromatic carbocycles. The Labute approximate surface area is 136 Å². The van der Waals surface area contributed by atoms with Crippen molar-refractivity contribution in [3.05, 3.63) is 58.7 Å². The Hall–Kier alpha value is -2.16. The van der Waals surface area contributed by atoms with Gasteiger partial charge in [0, 0.05) is 5.69 Å². The van der Waals surface area contributed by atoms with Crippen molar-refractivity contribution in [1.82, 2.24) is 0 Å². The normalized spacial score (nSPS) is 10.8. The summed E-state index contributed by atoms with van der Waals surface area (Å²) >= 11 is 0.143. The zero-order chi connectivity index (χ0) is 18.0. The van der Waals surface area contributed by atoms with Gasteiger partial charge in [0.25, 0.3) is 0 Å². The summed E-state index contributed by atoms with van der Waals surface area (Å²) in [5.41, 5.74) is 0.449. The van der Waals surface area contributed by atoms with Crippen LogP contribution in [0.2, 0.25) is 0 Å². The molecular formula is C15H9F6NOS. The van der Waals surface area contributed by atoms with Crippen molar-refractivity contribution in [2.45, 2.75) is 11.8 Å². The fourth-order valence-corrected chi connectivity index (χ4v) is 2.50. The van der Waals surface area contributed by atoms with Crippen molar-refractivity contribution in [3.63, 3.8) is 0 Å². The summed E-state index contributed by atoms with van der Waals surface area (Å²) in [5.74, 6) is -12.5. The zero-order valence-corrected chi connectivity index (χ0v) is 12.8. The van der Waals surface area contributed by atoms with Gasteiger partial charge in [0.15, 0.2) is 23.3 Å². The van der Waals surface area contributed by atoms with Crippen LogP contribution in [0.4, 0.5) is 32.0 Å². The molecule has 0 radical (unpaired) electrons. The van der Waals surface area contributed by atoms with Gasteiger partial charge in [-0.2, -0.15) is 0 Å². The topological polar surface area (TPSA) is 29.1 Å². The molecule has 0 aliphatic heterocycles. The quantitative estimate of drug-likeness (QED) is 0.373. The Morgan fingerprint density at radius 2 is 1.50 bits per heavy atom. The van der Waals surface area contributed by atoms with Gasteiger partial charge in [0.1, 0.15) is 5.82 Å². The summed E-state index contributed by atoms with van der Waals surface area (Å²) in [6.45, 7) is 1.51. The molecule has 0 aliphatic carbocycles. The number of thioether (sulfide) groups is 1. The fraction of sp³-hybridized carbons (Fsp3) is 0.133. The van der Waals surface area contributed by atoms with Crippen LogP contribution in [0.3, 0.4) is 0 Å². The van der Waals surface area contributed by atoms with Gasteiger partial charge in [-0.3, -0.25) is 4.79 Å². The first-order valence-corrected chi connectivity index (χ1v) is 7.41. The molecule has 1 amide bonds. The van der Waals surface area contributed by atoms with Gasteiger partial charge >= 0.3 is 0 Å². The summed E-state index contributed by atoms with van der Waals surface area (Å²) in [5, 5.41) is 2.25. The lowest BCUT2D eigenvalue weighted by Crippen LogP contribution is -2.15. The van der Waals surface area contributed by atoms with Crippen LogP contribution < -0.4 is 5.32 Å². The number of anilines is 1. The molecule has 0 unspecified atom stereocenters. The highest BCUT2D eigenvalue weighted by Crippen LogP contribution is 2.30. The molecule has 0 atom stereocenters. The highest BCUT2D eigenvalue weighted by molar-refractivity contribution is 8.00. The predicted octanol–water partition coefficient (Wildman–Crippen LogP) is 4.56. The highest BCUT2D eigenvalue weighted by atomic mass is 32.2. The second kappa shape index (κ2) is 7.16. The van der Waals surface area contributed by atoms with Gasteiger partial charge in [-0.25, -0.2) is 26.3 Å². The van der Waals surface area contributed by atoms with Gasteiger partial charge < -0.3 is 5.32 Å². The molecule has 0 spiro atoms. The first-order chi connectivity index (χ1) is 11.2. The zero-order valence-electron chi connectivity index (χ0n) is 12.0. The Balaban J connectivity index is 2.11. The Morgan fingerprint density at radius 3 is 2.04 bits per heavy atom. The van der Waals surface area contributed by atoms with Crippen LogP contribution in [0.25, 0.3) is 0 Å². The van der Waals surface area contributed by atoms with Crippen LogP contribution in [0.15, 0.2) is 23.1 Å². The SMILES string of the molecule is Cc1ccc(NC(=O)CSc2c(F)c(F)c(F)c(F)c2F)cc1F. The van der Waals surface area contributed by atoms with E-state index in [1.54, 1.807) is 0 Å². The number of benzene rings is 2. The number of halogens is 6. The molecule has 2 aromatic rings. The van der Waals surface area contributed by atoms with E-state index < -0.39 is 51.5 Å². The third-order valence-corrected chi connectivity index (χ3v) is 4.03. The number of carbonyl (C=O) groups excluding carboxylic acids is 1. The lowest BCUT2D eigenvalue weighted by atomic mass is 10.2. The van der Waals surface area contributed by atoms with Crippen LogP contribution >= 0.6 is 11.8 Å². The van der Waals surface area contributed by atoms with E-state index in [9.17, 15) is 31.1 Å². The van der Waals surface area contributed by atoms with Crippen LogP contribution in [0.1, 0.15) is 5.56 Å². The predicted molar refractivity (Wildman–Crippen MR) is 76.7 cm³/mol. The van der Waals surface area contributed by atoms with Crippen molar-refractivity contribution < 1.29 is 31.1 Å². The number of amides is 1. The highest BCUT2D eigenvalue weighted by Gasteiger charge is 2.26. The molecule has 0 fully saturated rings. The average Bonchev–Trinajstić information content (AvgIpc) is 2.54. The molecule has 1 N–H and O–H groups in total. The second-order valence-electron chi connectivity index (χ2n) is 4.70. The van der Waals surface area contributed by atoms with E-state index in [4.69, 9.17) is 0 Å². The summed E-state index contributed by atoms with van der Waals surface area (Å²) in [6, 6.07) is 3.85. The third-order valence-electron chi connectivity index (χ3n) is 2.97. The number of hydrogen-bond donors (Lipinski definition) is 1. The van der Waals surface area contributed by atoms with E-state index in [1.165, 1.54) is 19.1 Å². The summed E-state index contributed by atoms with van der Waals surface area (Å²) < 4.78 is 79.2. The molecule has 0 saturated heterocycles. The molecule has 0 aromatic heterocycles. The molecule has 9 heteroatoms. The maximum atomic E-state index is 13.5. The average molecular weight is 365 g/mol.